The molecule has 2 aliphatic carbocycles. The van der Waals surface area contributed by atoms with Crippen molar-refractivity contribution in [2.75, 3.05) is 6.54 Å². The fraction of sp³-hybridized carbons (Fsp3) is 0.667. The molecule has 5 heteroatoms. The molecule has 0 saturated heterocycles. The first-order valence-electron chi connectivity index (χ1n) is 7.37. The highest BCUT2D eigenvalue weighted by molar-refractivity contribution is 14.0. The van der Waals surface area contributed by atoms with Crippen molar-refractivity contribution in [3.8, 4) is 0 Å². The van der Waals surface area contributed by atoms with E-state index in [1.54, 1.807) is 11.3 Å². The Balaban J connectivity index is 0.00000147. The molecule has 1 aromatic heterocycles. The van der Waals surface area contributed by atoms with Gasteiger partial charge in [0.1, 0.15) is 0 Å². The molecule has 0 aromatic carbocycles. The van der Waals surface area contributed by atoms with Crippen molar-refractivity contribution >= 4 is 41.3 Å². The van der Waals surface area contributed by atoms with Crippen LogP contribution in [0.2, 0.25) is 0 Å². The van der Waals surface area contributed by atoms with E-state index in [4.69, 9.17) is 5.73 Å². The Bertz CT molecular complexity index is 438. The van der Waals surface area contributed by atoms with Crippen molar-refractivity contribution in [2.45, 2.75) is 51.0 Å². The number of nitrogens with two attached hydrogens (primary N) is 1. The minimum absolute atomic E-state index is 0. The van der Waals surface area contributed by atoms with Crippen molar-refractivity contribution in [1.29, 1.82) is 0 Å². The number of aliphatic imine (C=N–C) groups is 1. The van der Waals surface area contributed by atoms with Gasteiger partial charge in [-0.25, -0.2) is 0 Å². The van der Waals surface area contributed by atoms with Gasteiger partial charge in [-0.1, -0.05) is 18.9 Å². The molecule has 3 N–H and O–H groups in total. The average molecular weight is 405 g/mol. The molecule has 2 aliphatic rings. The van der Waals surface area contributed by atoms with Gasteiger partial charge < -0.3 is 11.1 Å². The Morgan fingerprint density at radius 2 is 2.20 bits per heavy atom. The van der Waals surface area contributed by atoms with E-state index in [2.05, 4.69) is 27.8 Å². The van der Waals surface area contributed by atoms with E-state index in [-0.39, 0.29) is 24.0 Å². The lowest BCUT2D eigenvalue weighted by Crippen LogP contribution is -2.55. The highest BCUT2D eigenvalue weighted by atomic mass is 127. The maximum Gasteiger partial charge on any atom is 0.188 e. The average Bonchev–Trinajstić information content (AvgIpc) is 3.06. The lowest BCUT2D eigenvalue weighted by Gasteiger charge is -2.47. The molecule has 1 heterocycles. The van der Waals surface area contributed by atoms with Crippen LogP contribution in [0.1, 0.15) is 43.4 Å². The molecule has 0 radical (unpaired) electrons. The molecule has 20 heavy (non-hydrogen) atoms. The number of guanidine groups is 1. The number of hydrogen-bond donors (Lipinski definition) is 2. The monoisotopic (exact) mass is 405 g/mol. The third-order valence-electron chi connectivity index (χ3n) is 4.81. The Morgan fingerprint density at radius 3 is 2.80 bits per heavy atom. The van der Waals surface area contributed by atoms with Gasteiger partial charge in [-0.05, 0) is 42.5 Å². The highest BCUT2D eigenvalue weighted by Gasteiger charge is 2.48. The Hall–Kier alpha value is -0.300. The first kappa shape index (κ1) is 16.1. The molecule has 0 bridgehead atoms. The third kappa shape index (κ3) is 3.47. The summed E-state index contributed by atoms with van der Waals surface area (Å²) < 4.78 is 0. The molecule has 112 valence electrons. The summed E-state index contributed by atoms with van der Waals surface area (Å²) in [5.41, 5.74) is 6.58. The number of rotatable bonds is 4. The van der Waals surface area contributed by atoms with Gasteiger partial charge in [0.25, 0.3) is 0 Å². The quantitative estimate of drug-likeness (QED) is 0.458. The minimum Gasteiger partial charge on any atom is -0.370 e. The van der Waals surface area contributed by atoms with Gasteiger partial charge in [0.15, 0.2) is 5.96 Å². The van der Waals surface area contributed by atoms with Crippen LogP contribution in [-0.2, 0) is 6.42 Å². The van der Waals surface area contributed by atoms with Crippen LogP contribution in [-0.4, -0.2) is 18.5 Å². The third-order valence-corrected chi connectivity index (χ3v) is 5.75. The van der Waals surface area contributed by atoms with Crippen molar-refractivity contribution in [3.63, 3.8) is 0 Å². The maximum atomic E-state index is 6.02. The van der Waals surface area contributed by atoms with E-state index >= 15 is 0 Å². The van der Waals surface area contributed by atoms with Gasteiger partial charge in [-0.2, -0.15) is 0 Å². The Labute approximate surface area is 142 Å². The van der Waals surface area contributed by atoms with E-state index < -0.39 is 0 Å². The predicted octanol–water partition coefficient (Wildman–Crippen LogP) is 3.54. The van der Waals surface area contributed by atoms with Crippen LogP contribution in [0.25, 0.3) is 0 Å². The number of hydrogen-bond acceptors (Lipinski definition) is 2. The van der Waals surface area contributed by atoms with E-state index in [1.165, 1.54) is 43.4 Å². The number of halogens is 1. The number of thiophene rings is 1. The predicted molar refractivity (Wildman–Crippen MR) is 97.0 cm³/mol. The van der Waals surface area contributed by atoms with E-state index in [9.17, 15) is 0 Å². The summed E-state index contributed by atoms with van der Waals surface area (Å²) >= 11 is 1.79. The van der Waals surface area contributed by atoms with Crippen molar-refractivity contribution in [3.05, 3.63) is 22.4 Å². The first-order chi connectivity index (χ1) is 9.28. The Kier molecular flexibility index (Phi) is 5.72. The molecular formula is C15H24IN3S. The summed E-state index contributed by atoms with van der Waals surface area (Å²) in [4.78, 5) is 5.85. The molecule has 1 atom stereocenters. The zero-order valence-electron chi connectivity index (χ0n) is 11.8. The lowest BCUT2D eigenvalue weighted by atomic mass is 9.63. The van der Waals surface area contributed by atoms with E-state index in [1.807, 2.05) is 0 Å². The highest BCUT2D eigenvalue weighted by Crippen LogP contribution is 2.53. The first-order valence-corrected chi connectivity index (χ1v) is 8.25. The van der Waals surface area contributed by atoms with Gasteiger partial charge >= 0.3 is 0 Å². The van der Waals surface area contributed by atoms with E-state index in [0.717, 1.165) is 13.0 Å². The van der Waals surface area contributed by atoms with Crippen molar-refractivity contribution in [1.82, 2.24) is 5.32 Å². The van der Waals surface area contributed by atoms with Crippen molar-refractivity contribution in [2.24, 2.45) is 16.1 Å². The molecule has 2 fully saturated rings. The molecule has 2 saturated carbocycles. The largest absolute Gasteiger partial charge is 0.370 e. The van der Waals surface area contributed by atoms with Crippen LogP contribution < -0.4 is 11.1 Å². The van der Waals surface area contributed by atoms with Crippen molar-refractivity contribution < 1.29 is 0 Å². The summed E-state index contributed by atoms with van der Waals surface area (Å²) in [6, 6.07) is 4.83. The van der Waals surface area contributed by atoms with Gasteiger partial charge in [-0.15, -0.1) is 35.3 Å². The van der Waals surface area contributed by atoms with Crippen LogP contribution in [0.15, 0.2) is 22.5 Å². The van der Waals surface area contributed by atoms with Gasteiger partial charge in [0, 0.05) is 23.9 Å². The lowest BCUT2D eigenvalue weighted by molar-refractivity contribution is 0.0872. The standard InChI is InChI=1S/C15H23N3S.HI/c16-14(17-10-6-12-4-3-11-19-12)18-13-5-9-15(13)7-1-2-8-15;/h3-4,11,13H,1-2,5-10H2,(H3,16,17,18);1H. The summed E-state index contributed by atoms with van der Waals surface area (Å²) in [6.07, 6.45) is 9.20. The zero-order valence-corrected chi connectivity index (χ0v) is 15.0. The molecule has 0 aliphatic heterocycles. The Morgan fingerprint density at radius 1 is 1.40 bits per heavy atom. The van der Waals surface area contributed by atoms with Crippen LogP contribution in [0, 0.1) is 5.41 Å². The second-order valence-corrected chi connectivity index (χ2v) is 6.93. The molecule has 1 aromatic rings. The molecule has 0 amide bonds. The van der Waals surface area contributed by atoms with Crippen LogP contribution in [0.4, 0.5) is 0 Å². The molecule has 1 spiro atoms. The molecule has 3 rings (SSSR count). The van der Waals surface area contributed by atoms with Crippen LogP contribution >= 0.6 is 35.3 Å². The maximum absolute atomic E-state index is 6.02. The fourth-order valence-corrected chi connectivity index (χ4v) is 4.26. The summed E-state index contributed by atoms with van der Waals surface area (Å²) in [7, 11) is 0. The minimum atomic E-state index is 0. The SMILES string of the molecule is I.NC(=NCCc1cccs1)NC1CCC12CCCC2. The van der Waals surface area contributed by atoms with E-state index in [0.29, 0.717) is 17.4 Å². The summed E-state index contributed by atoms with van der Waals surface area (Å²) in [5.74, 6) is 0.646. The van der Waals surface area contributed by atoms with Crippen LogP contribution in [0.5, 0.6) is 0 Å². The topological polar surface area (TPSA) is 50.4 Å². The summed E-state index contributed by atoms with van der Waals surface area (Å²) in [6.45, 7) is 0.791. The fourth-order valence-electron chi connectivity index (χ4n) is 3.57. The normalized spacial score (nSPS) is 24.2. The second-order valence-electron chi connectivity index (χ2n) is 5.90. The molecular weight excluding hydrogens is 381 g/mol. The number of nitrogens with zero attached hydrogens (tertiary/aromatic N) is 1. The summed E-state index contributed by atoms with van der Waals surface area (Å²) in [5, 5.41) is 5.57. The van der Waals surface area contributed by atoms with Gasteiger partial charge in [0.05, 0.1) is 0 Å². The van der Waals surface area contributed by atoms with Gasteiger partial charge in [0.2, 0.25) is 0 Å². The van der Waals surface area contributed by atoms with Crippen LogP contribution in [0.3, 0.4) is 0 Å². The molecule has 1 unspecified atom stereocenters. The van der Waals surface area contributed by atoms with Gasteiger partial charge in [-0.3, -0.25) is 4.99 Å². The second kappa shape index (κ2) is 7.11. The zero-order chi connectivity index (χ0) is 13.1. The smallest absolute Gasteiger partial charge is 0.188 e. The molecule has 3 nitrogen and oxygen atoms in total. The number of nitrogens with one attached hydrogen (secondary N) is 1.